The molecule has 1 atom stereocenters. The highest BCUT2D eigenvalue weighted by Gasteiger charge is 2.22. The lowest BCUT2D eigenvalue weighted by molar-refractivity contribution is -0.140. The zero-order valence-corrected chi connectivity index (χ0v) is 16.7. The molecule has 1 aromatic carbocycles. The van der Waals surface area contributed by atoms with E-state index in [2.05, 4.69) is 5.32 Å². The van der Waals surface area contributed by atoms with Gasteiger partial charge in [-0.15, -0.1) is 0 Å². The van der Waals surface area contributed by atoms with Gasteiger partial charge < -0.3 is 14.5 Å². The highest BCUT2D eigenvalue weighted by Crippen LogP contribution is 2.18. The van der Waals surface area contributed by atoms with Gasteiger partial charge in [0.15, 0.2) is 6.10 Å². The largest absolute Gasteiger partial charge is 0.462 e. The summed E-state index contributed by atoms with van der Waals surface area (Å²) in [6.45, 7) is 8.77. The van der Waals surface area contributed by atoms with Crippen molar-refractivity contribution in [2.24, 2.45) is 5.41 Å². The van der Waals surface area contributed by atoms with E-state index in [-0.39, 0.29) is 11.7 Å². The number of Topliss-reactive ketones (excluding diaryl/α,β-unsaturated/α-hetero) is 1. The molecule has 0 aliphatic carbocycles. The number of hydrogen-bond acceptors (Lipinski definition) is 5. The number of esters is 1. The van der Waals surface area contributed by atoms with Gasteiger partial charge in [-0.1, -0.05) is 20.8 Å². The Balaban J connectivity index is 1.94. The number of benzene rings is 1. The van der Waals surface area contributed by atoms with Gasteiger partial charge in [-0.25, -0.2) is 4.79 Å². The quantitative estimate of drug-likeness (QED) is 0.454. The summed E-state index contributed by atoms with van der Waals surface area (Å²) in [7, 11) is 0. The molecule has 1 heterocycles. The number of nitrogens with one attached hydrogen (secondary N) is 1. The van der Waals surface area contributed by atoms with E-state index in [0.717, 1.165) is 5.76 Å². The number of hydrogen-bond donors (Lipinski definition) is 1. The molecule has 2 rings (SSSR count). The van der Waals surface area contributed by atoms with E-state index in [1.54, 1.807) is 43.3 Å². The van der Waals surface area contributed by atoms with Crippen molar-refractivity contribution in [3.8, 4) is 0 Å². The minimum Gasteiger partial charge on any atom is -0.462 e. The molecule has 0 saturated carbocycles. The molecule has 2 aromatic rings. The average Bonchev–Trinajstić information content (AvgIpc) is 3.04. The van der Waals surface area contributed by atoms with E-state index < -0.39 is 17.5 Å². The van der Waals surface area contributed by atoms with E-state index in [1.807, 2.05) is 20.8 Å². The van der Waals surface area contributed by atoms with Crippen LogP contribution < -0.4 is 5.32 Å². The molecule has 1 aromatic heterocycles. The van der Waals surface area contributed by atoms with Crippen LogP contribution in [0.2, 0.25) is 0 Å². The van der Waals surface area contributed by atoms with Crippen LogP contribution in [0.1, 0.15) is 49.6 Å². The highest BCUT2D eigenvalue weighted by atomic mass is 16.5. The third-order valence-corrected chi connectivity index (χ3v) is 3.92. The van der Waals surface area contributed by atoms with Gasteiger partial charge in [-0.3, -0.25) is 9.59 Å². The van der Waals surface area contributed by atoms with Gasteiger partial charge in [0, 0.05) is 22.7 Å². The molecular weight excluding hydrogens is 358 g/mol. The number of rotatable bonds is 6. The number of carbonyl (C=O) groups excluding carboxylic acids is 3. The van der Waals surface area contributed by atoms with Crippen molar-refractivity contribution in [1.82, 2.24) is 0 Å². The molecule has 1 unspecified atom stereocenters. The third-order valence-electron chi connectivity index (χ3n) is 3.92. The minimum atomic E-state index is -0.939. The number of furan rings is 1. The van der Waals surface area contributed by atoms with E-state index >= 15 is 0 Å². The van der Waals surface area contributed by atoms with Crippen LogP contribution in [0.25, 0.3) is 6.08 Å². The lowest BCUT2D eigenvalue weighted by Gasteiger charge is -2.18. The average molecular weight is 383 g/mol. The fourth-order valence-corrected chi connectivity index (χ4v) is 2.23. The molecule has 28 heavy (non-hydrogen) atoms. The van der Waals surface area contributed by atoms with Crippen LogP contribution in [0, 0.1) is 12.3 Å². The van der Waals surface area contributed by atoms with Crippen molar-refractivity contribution < 1.29 is 23.5 Å². The molecule has 0 radical (unpaired) electrons. The lowest BCUT2D eigenvalue weighted by atomic mass is 9.95. The molecule has 1 amide bonds. The second-order valence-corrected chi connectivity index (χ2v) is 7.51. The first-order valence-electron chi connectivity index (χ1n) is 8.97. The molecule has 148 valence electrons. The maximum Gasteiger partial charge on any atom is 0.331 e. The molecule has 1 N–H and O–H groups in total. The second-order valence-electron chi connectivity index (χ2n) is 7.51. The zero-order valence-electron chi connectivity index (χ0n) is 16.7. The monoisotopic (exact) mass is 383 g/mol. The number of carbonyl (C=O) groups is 3. The number of ether oxygens (including phenoxy) is 1. The Morgan fingerprint density at radius 3 is 2.25 bits per heavy atom. The van der Waals surface area contributed by atoms with Gasteiger partial charge in [0.05, 0.1) is 0 Å². The first kappa shape index (κ1) is 21.2. The van der Waals surface area contributed by atoms with Crippen molar-refractivity contribution in [1.29, 1.82) is 0 Å². The molecular formula is C22H25NO5. The third kappa shape index (κ3) is 5.94. The predicted molar refractivity (Wildman–Crippen MR) is 107 cm³/mol. The van der Waals surface area contributed by atoms with Gasteiger partial charge >= 0.3 is 5.97 Å². The standard InChI is InChI=1S/C22H25NO5/c1-14-6-11-18(27-14)12-13-19(24)28-15(2)20(25)16-7-9-17(10-8-16)23-21(26)22(3,4)5/h6-13,15H,1-5H3,(H,23,26)/b13-12+. The van der Waals surface area contributed by atoms with E-state index in [9.17, 15) is 14.4 Å². The normalized spacial score (nSPS) is 12.6. The Kier molecular flexibility index (Phi) is 6.57. The fourth-order valence-electron chi connectivity index (χ4n) is 2.23. The SMILES string of the molecule is Cc1ccc(/C=C/C(=O)OC(C)C(=O)c2ccc(NC(=O)C(C)(C)C)cc2)o1. The van der Waals surface area contributed by atoms with Gasteiger partial charge in [0.1, 0.15) is 11.5 Å². The summed E-state index contributed by atoms with van der Waals surface area (Å²) in [4.78, 5) is 36.3. The van der Waals surface area contributed by atoms with E-state index in [4.69, 9.17) is 9.15 Å². The topological polar surface area (TPSA) is 85.6 Å². The molecule has 6 heteroatoms. The van der Waals surface area contributed by atoms with Crippen molar-refractivity contribution in [2.75, 3.05) is 5.32 Å². The van der Waals surface area contributed by atoms with E-state index in [1.165, 1.54) is 19.1 Å². The molecule has 0 spiro atoms. The second kappa shape index (κ2) is 8.69. The Morgan fingerprint density at radius 1 is 1.07 bits per heavy atom. The van der Waals surface area contributed by atoms with Gasteiger partial charge in [-0.2, -0.15) is 0 Å². The van der Waals surface area contributed by atoms with Crippen LogP contribution in [0.3, 0.4) is 0 Å². The Morgan fingerprint density at radius 2 is 1.71 bits per heavy atom. The number of ketones is 1. The van der Waals surface area contributed by atoms with Gasteiger partial charge in [-0.05, 0) is 56.3 Å². The molecule has 0 aliphatic heterocycles. The zero-order chi connectivity index (χ0) is 20.9. The first-order chi connectivity index (χ1) is 13.1. The van der Waals surface area contributed by atoms with Crippen LogP contribution in [-0.4, -0.2) is 23.8 Å². The summed E-state index contributed by atoms with van der Waals surface area (Å²) < 4.78 is 10.5. The van der Waals surface area contributed by atoms with Crippen molar-refractivity contribution in [3.05, 3.63) is 59.6 Å². The van der Waals surface area contributed by atoms with Crippen molar-refractivity contribution >= 4 is 29.4 Å². The van der Waals surface area contributed by atoms with Gasteiger partial charge in [0.25, 0.3) is 0 Å². The summed E-state index contributed by atoms with van der Waals surface area (Å²) in [5.74, 6) is 0.181. The number of anilines is 1. The molecule has 0 fully saturated rings. The Bertz CT molecular complexity index is 884. The van der Waals surface area contributed by atoms with Crippen LogP contribution in [0.4, 0.5) is 5.69 Å². The molecule has 0 bridgehead atoms. The summed E-state index contributed by atoms with van der Waals surface area (Å²) in [5, 5.41) is 2.79. The minimum absolute atomic E-state index is 0.118. The first-order valence-corrected chi connectivity index (χ1v) is 8.97. The molecule has 0 aliphatic rings. The maximum atomic E-state index is 12.4. The van der Waals surface area contributed by atoms with Gasteiger partial charge in [0.2, 0.25) is 11.7 Å². The smallest absolute Gasteiger partial charge is 0.331 e. The Labute approximate surface area is 164 Å². The van der Waals surface area contributed by atoms with E-state index in [0.29, 0.717) is 17.0 Å². The fraction of sp³-hybridized carbons (Fsp3) is 0.318. The molecule has 6 nitrogen and oxygen atoms in total. The summed E-state index contributed by atoms with van der Waals surface area (Å²) in [5.41, 5.74) is 0.469. The van der Waals surface area contributed by atoms with Crippen LogP contribution in [0.5, 0.6) is 0 Å². The van der Waals surface area contributed by atoms with Crippen LogP contribution in [0.15, 0.2) is 46.9 Å². The van der Waals surface area contributed by atoms with Crippen LogP contribution in [-0.2, 0) is 14.3 Å². The predicted octanol–water partition coefficient (Wildman–Crippen LogP) is 4.40. The van der Waals surface area contributed by atoms with Crippen LogP contribution >= 0.6 is 0 Å². The van der Waals surface area contributed by atoms with Crippen molar-refractivity contribution in [3.63, 3.8) is 0 Å². The Hall–Kier alpha value is -3.15. The summed E-state index contributed by atoms with van der Waals surface area (Å²) in [6, 6.07) is 9.98. The molecule has 0 saturated heterocycles. The number of aryl methyl sites for hydroxylation is 1. The van der Waals surface area contributed by atoms with Crippen molar-refractivity contribution in [2.45, 2.75) is 40.7 Å². The summed E-state index contributed by atoms with van der Waals surface area (Å²) >= 11 is 0. The number of amides is 1. The highest BCUT2D eigenvalue weighted by molar-refractivity contribution is 6.01. The summed E-state index contributed by atoms with van der Waals surface area (Å²) in [6.07, 6.45) is 1.76. The lowest BCUT2D eigenvalue weighted by Crippen LogP contribution is -2.27. The maximum absolute atomic E-state index is 12.4.